The third kappa shape index (κ3) is 1.14. The van der Waals surface area contributed by atoms with Gasteiger partial charge in [0.1, 0.15) is 5.54 Å². The third-order valence-electron chi connectivity index (χ3n) is 2.88. The van der Waals surface area contributed by atoms with Crippen LogP contribution in [-0.2, 0) is 9.59 Å². The van der Waals surface area contributed by atoms with E-state index in [1.165, 1.54) is 0 Å². The molecule has 2 rings (SSSR count). The van der Waals surface area contributed by atoms with E-state index < -0.39 is 29.4 Å². The van der Waals surface area contributed by atoms with Crippen molar-refractivity contribution in [3.63, 3.8) is 0 Å². The Morgan fingerprint density at radius 3 is 2.64 bits per heavy atom. The summed E-state index contributed by atoms with van der Waals surface area (Å²) < 4.78 is 0. The normalized spacial score (nSPS) is 35.9. The van der Waals surface area contributed by atoms with Gasteiger partial charge in [0.2, 0.25) is 0 Å². The van der Waals surface area contributed by atoms with Crippen molar-refractivity contribution in [2.45, 2.75) is 24.8 Å². The Kier molecular flexibility index (Phi) is 1.73. The molecule has 3 N–H and O–H groups in total. The maximum atomic E-state index is 11.4. The van der Waals surface area contributed by atoms with Crippen LogP contribution in [0.25, 0.3) is 0 Å². The smallest absolute Gasteiger partial charge is 0.322 e. The van der Waals surface area contributed by atoms with Crippen LogP contribution in [0, 0.1) is 5.92 Å². The molecule has 1 saturated carbocycles. The lowest BCUT2D eigenvalue weighted by Crippen LogP contribution is -2.44. The predicted octanol–water partition coefficient (Wildman–Crippen LogP) is -0.551. The van der Waals surface area contributed by atoms with E-state index in [1.807, 2.05) is 0 Å². The molecule has 2 fully saturated rings. The topological polar surface area (TPSA) is 95.5 Å². The maximum absolute atomic E-state index is 11.4. The molecule has 0 aromatic rings. The zero-order valence-electron chi connectivity index (χ0n) is 7.37. The summed E-state index contributed by atoms with van der Waals surface area (Å²) in [5, 5.41) is 13.4. The van der Waals surface area contributed by atoms with Gasteiger partial charge in [0, 0.05) is 0 Å². The zero-order valence-corrected chi connectivity index (χ0v) is 7.37. The lowest BCUT2D eigenvalue weighted by atomic mass is 9.96. The number of amides is 3. The maximum Gasteiger partial charge on any atom is 0.322 e. The molecule has 6 nitrogen and oxygen atoms in total. The minimum absolute atomic E-state index is 0.194. The second-order valence-corrected chi connectivity index (χ2v) is 3.77. The molecule has 1 saturated heterocycles. The summed E-state index contributed by atoms with van der Waals surface area (Å²) in [4.78, 5) is 33.0. The van der Waals surface area contributed by atoms with Gasteiger partial charge in [-0.05, 0) is 19.3 Å². The van der Waals surface area contributed by atoms with E-state index in [2.05, 4.69) is 10.6 Å². The average molecular weight is 198 g/mol. The van der Waals surface area contributed by atoms with Gasteiger partial charge < -0.3 is 10.4 Å². The molecule has 14 heavy (non-hydrogen) atoms. The second kappa shape index (κ2) is 2.70. The van der Waals surface area contributed by atoms with Crippen LogP contribution >= 0.6 is 0 Å². The third-order valence-corrected chi connectivity index (χ3v) is 2.88. The quantitative estimate of drug-likeness (QED) is 0.492. The molecule has 3 amide bonds. The molecule has 1 spiro atoms. The van der Waals surface area contributed by atoms with Crippen molar-refractivity contribution >= 4 is 17.9 Å². The monoisotopic (exact) mass is 198 g/mol. The van der Waals surface area contributed by atoms with E-state index >= 15 is 0 Å². The number of rotatable bonds is 1. The SMILES string of the molecule is O=C1NC(=O)[C@]2(CC[C@H](C(=O)O)C2)N1. The van der Waals surface area contributed by atoms with E-state index in [-0.39, 0.29) is 6.42 Å². The van der Waals surface area contributed by atoms with Crippen molar-refractivity contribution in [2.24, 2.45) is 5.92 Å². The van der Waals surface area contributed by atoms with Crippen molar-refractivity contribution in [3.8, 4) is 0 Å². The van der Waals surface area contributed by atoms with Gasteiger partial charge in [-0.25, -0.2) is 4.79 Å². The summed E-state index contributed by atoms with van der Waals surface area (Å²) in [5.74, 6) is -1.83. The number of carbonyl (C=O) groups is 3. The van der Waals surface area contributed by atoms with Crippen LogP contribution in [0.4, 0.5) is 4.79 Å². The summed E-state index contributed by atoms with van der Waals surface area (Å²) >= 11 is 0. The number of carboxylic acid groups (broad SMARTS) is 1. The number of hydrogen-bond acceptors (Lipinski definition) is 3. The van der Waals surface area contributed by atoms with E-state index in [0.717, 1.165) is 0 Å². The van der Waals surface area contributed by atoms with Crippen LogP contribution in [0.3, 0.4) is 0 Å². The summed E-state index contributed by atoms with van der Waals surface area (Å²) in [7, 11) is 0. The fourth-order valence-corrected chi connectivity index (χ4v) is 2.10. The highest BCUT2D eigenvalue weighted by atomic mass is 16.4. The van der Waals surface area contributed by atoms with Gasteiger partial charge in [0.05, 0.1) is 5.92 Å². The summed E-state index contributed by atoms with van der Waals surface area (Å²) in [5.41, 5.74) is -0.958. The highest BCUT2D eigenvalue weighted by Crippen LogP contribution is 2.36. The molecule has 0 radical (unpaired) electrons. The number of carboxylic acids is 1. The predicted molar refractivity (Wildman–Crippen MR) is 44.4 cm³/mol. The molecule has 0 aromatic heterocycles. The summed E-state index contributed by atoms with van der Waals surface area (Å²) in [6, 6.07) is -0.527. The largest absolute Gasteiger partial charge is 0.481 e. The molecule has 6 heteroatoms. The van der Waals surface area contributed by atoms with Crippen molar-refractivity contribution in [2.75, 3.05) is 0 Å². The molecule has 1 aliphatic heterocycles. The summed E-state index contributed by atoms with van der Waals surface area (Å²) in [6.07, 6.45) is 1.03. The van der Waals surface area contributed by atoms with E-state index in [4.69, 9.17) is 5.11 Å². The van der Waals surface area contributed by atoms with Gasteiger partial charge in [-0.15, -0.1) is 0 Å². The number of urea groups is 1. The fraction of sp³-hybridized carbons (Fsp3) is 0.625. The lowest BCUT2D eigenvalue weighted by molar-refractivity contribution is -0.141. The van der Waals surface area contributed by atoms with E-state index in [0.29, 0.717) is 12.8 Å². The number of imide groups is 1. The average Bonchev–Trinajstić information content (AvgIpc) is 2.59. The van der Waals surface area contributed by atoms with Crippen LogP contribution < -0.4 is 10.6 Å². The van der Waals surface area contributed by atoms with Crippen LogP contribution in [0.1, 0.15) is 19.3 Å². The van der Waals surface area contributed by atoms with Crippen molar-refractivity contribution < 1.29 is 19.5 Å². The van der Waals surface area contributed by atoms with Gasteiger partial charge in [0.25, 0.3) is 5.91 Å². The van der Waals surface area contributed by atoms with Crippen LogP contribution in [-0.4, -0.2) is 28.6 Å². The Hall–Kier alpha value is -1.59. The summed E-state index contributed by atoms with van der Waals surface area (Å²) in [6.45, 7) is 0. The number of carbonyl (C=O) groups excluding carboxylic acids is 2. The van der Waals surface area contributed by atoms with E-state index in [1.54, 1.807) is 0 Å². The van der Waals surface area contributed by atoms with Crippen molar-refractivity contribution in [3.05, 3.63) is 0 Å². The molecule has 1 heterocycles. The first kappa shape index (κ1) is 8.98. The van der Waals surface area contributed by atoms with Gasteiger partial charge in [0.15, 0.2) is 0 Å². The molecule has 0 unspecified atom stereocenters. The molecular formula is C8H10N2O4. The minimum atomic E-state index is -0.958. The van der Waals surface area contributed by atoms with Gasteiger partial charge in [-0.2, -0.15) is 0 Å². The van der Waals surface area contributed by atoms with Gasteiger partial charge in [-0.3, -0.25) is 14.9 Å². The van der Waals surface area contributed by atoms with Crippen molar-refractivity contribution in [1.82, 2.24) is 10.6 Å². The molecule has 1 aliphatic carbocycles. The van der Waals surface area contributed by atoms with Crippen LogP contribution in [0.15, 0.2) is 0 Å². The molecule has 76 valence electrons. The first-order chi connectivity index (χ1) is 6.53. The van der Waals surface area contributed by atoms with E-state index in [9.17, 15) is 14.4 Å². The standard InChI is InChI=1S/C8H10N2O4/c11-5(12)4-1-2-8(3-4)6(13)9-7(14)10-8/h4H,1-3H2,(H,11,12)(H2,9,10,13,14)/t4-,8+/m0/s1. The number of hydrogen-bond donors (Lipinski definition) is 3. The Labute approximate surface area is 79.7 Å². The molecule has 0 bridgehead atoms. The Bertz CT molecular complexity index is 327. The van der Waals surface area contributed by atoms with Crippen LogP contribution in [0.2, 0.25) is 0 Å². The Morgan fingerprint density at radius 1 is 1.50 bits per heavy atom. The number of nitrogens with one attached hydrogen (secondary N) is 2. The Balaban J connectivity index is 2.17. The van der Waals surface area contributed by atoms with Crippen LogP contribution in [0.5, 0.6) is 0 Å². The first-order valence-corrected chi connectivity index (χ1v) is 4.40. The Morgan fingerprint density at radius 2 is 2.21 bits per heavy atom. The minimum Gasteiger partial charge on any atom is -0.481 e. The first-order valence-electron chi connectivity index (χ1n) is 4.40. The second-order valence-electron chi connectivity index (χ2n) is 3.77. The molecule has 2 atom stereocenters. The van der Waals surface area contributed by atoms with Gasteiger partial charge >= 0.3 is 12.0 Å². The van der Waals surface area contributed by atoms with Gasteiger partial charge in [-0.1, -0.05) is 0 Å². The molecular weight excluding hydrogens is 188 g/mol. The fourth-order valence-electron chi connectivity index (χ4n) is 2.10. The zero-order chi connectivity index (χ0) is 10.3. The highest BCUT2D eigenvalue weighted by Gasteiger charge is 2.52. The lowest BCUT2D eigenvalue weighted by Gasteiger charge is -2.18. The van der Waals surface area contributed by atoms with Crippen molar-refractivity contribution in [1.29, 1.82) is 0 Å². The highest BCUT2D eigenvalue weighted by molar-refractivity contribution is 6.07. The molecule has 2 aliphatic rings. The number of aliphatic carboxylic acids is 1. The molecule has 0 aromatic carbocycles.